The SMILES string of the molecule is COC1CC(CC(C)[C@@H]2CC(=O)C(C)/C=C(\C)[C@@H](O)C(OC)C(=O)C(C)C[C@H](C)/C=C/C=C/C=C(\C)[C@@H](OC)C[C@@H]3CCC(C)C(O)(O3)C(=O)C(=O)N3CCCCC3C(=O)O2)CCC1n1ncnn1. The Hall–Kier alpha value is -4.26. The number of Topliss-reactive ketones (excluding diaryl/α,β-unsaturated/α-hetero) is 3. The molecule has 1 aliphatic carbocycles. The van der Waals surface area contributed by atoms with Crippen LogP contribution in [-0.2, 0) is 47.7 Å². The highest BCUT2D eigenvalue weighted by Gasteiger charge is 2.53. The molecule has 0 radical (unpaired) electrons. The number of aromatic nitrogens is 4. The van der Waals surface area contributed by atoms with Crippen molar-refractivity contribution in [1.29, 1.82) is 0 Å². The Morgan fingerprint density at radius 3 is 2.32 bits per heavy atom. The first-order valence-electron chi connectivity index (χ1n) is 25.0. The maximum absolute atomic E-state index is 14.5. The molecule has 1 amide bonds. The predicted molar refractivity (Wildman–Crippen MR) is 256 cm³/mol. The van der Waals surface area contributed by atoms with E-state index in [-0.39, 0.29) is 60.9 Å². The molecule has 4 heterocycles. The Bertz CT molecular complexity index is 2020. The van der Waals surface area contributed by atoms with Gasteiger partial charge in [-0.3, -0.25) is 19.2 Å². The summed E-state index contributed by atoms with van der Waals surface area (Å²) in [5, 5.41) is 35.7. The number of nitrogens with zero attached hydrogens (tertiary/aromatic N) is 5. The number of aliphatic hydroxyl groups excluding tert-OH is 1. The minimum Gasteiger partial charge on any atom is -0.460 e. The lowest BCUT2D eigenvalue weighted by molar-refractivity contribution is -0.265. The third-order valence-electron chi connectivity index (χ3n) is 15.1. The van der Waals surface area contributed by atoms with Crippen LogP contribution in [0, 0.1) is 35.5 Å². The Kier molecular flexibility index (Phi) is 20.8. The van der Waals surface area contributed by atoms with Gasteiger partial charge in [-0.15, -0.1) is 10.2 Å². The standard InChI is InChI=1S/C52H79N5O12/c1-31-16-12-11-13-17-32(2)43(65-8)28-39-21-19-37(7)52(64,69-39)49(61)50(62)56-23-15-14-18-41(56)51(63)68-44(34(4)26-38-20-22-40(45(27-38)66-9)57-54-30-53-55-57)29-42(58)33(3)25-36(6)47(60)48(67-10)46(59)35(5)24-31/h11-13,16-17,25,30-31,33-35,37-41,43-45,47-48,60,64H,14-15,18-24,26-29H2,1-10H3/b13-11+,16-12+,32-17+,36-25+/t31-,33?,34?,35?,37?,38?,39+,40?,41?,43+,44+,45?,47-,48?,52?/m1/s1. The molecule has 1 aromatic heterocycles. The zero-order valence-corrected chi connectivity index (χ0v) is 42.5. The van der Waals surface area contributed by atoms with Crippen LogP contribution in [-0.4, -0.2) is 141 Å². The van der Waals surface area contributed by atoms with E-state index in [0.717, 1.165) is 18.4 Å². The molecule has 4 aliphatic rings. The number of methoxy groups -OCH3 is 3. The molecule has 69 heavy (non-hydrogen) atoms. The van der Waals surface area contributed by atoms with Gasteiger partial charge in [0.05, 0.1) is 24.4 Å². The van der Waals surface area contributed by atoms with E-state index in [4.69, 9.17) is 23.7 Å². The number of fused-ring (bicyclic) bond motifs is 3. The van der Waals surface area contributed by atoms with Crippen molar-refractivity contribution in [2.45, 2.75) is 180 Å². The average Bonchev–Trinajstić information content (AvgIpc) is 3.88. The second kappa shape index (κ2) is 25.7. The maximum atomic E-state index is 14.5. The van der Waals surface area contributed by atoms with Crippen LogP contribution >= 0.6 is 0 Å². The molecule has 0 aromatic carbocycles. The predicted octanol–water partition coefficient (Wildman–Crippen LogP) is 6.05. The van der Waals surface area contributed by atoms with Crippen molar-refractivity contribution >= 4 is 29.2 Å². The van der Waals surface area contributed by atoms with Crippen LogP contribution in [0.2, 0.25) is 0 Å². The fraction of sp³-hybridized carbons (Fsp3) is 0.731. The minimum absolute atomic E-state index is 0.0168. The quantitative estimate of drug-likeness (QED) is 0.181. The molecular formula is C52H79N5O12. The van der Waals surface area contributed by atoms with Crippen LogP contribution in [0.4, 0.5) is 0 Å². The normalized spacial score (nSPS) is 38.8. The van der Waals surface area contributed by atoms with E-state index in [2.05, 4.69) is 15.4 Å². The van der Waals surface area contributed by atoms with Gasteiger partial charge in [0.25, 0.3) is 11.7 Å². The molecule has 2 N–H and O–H groups in total. The molecule has 17 heteroatoms. The summed E-state index contributed by atoms with van der Waals surface area (Å²) in [6.07, 6.45) is 13.7. The fourth-order valence-electron chi connectivity index (χ4n) is 10.7. The Morgan fingerprint density at radius 1 is 0.884 bits per heavy atom. The Labute approximate surface area is 408 Å². The summed E-state index contributed by atoms with van der Waals surface area (Å²) >= 11 is 0. The van der Waals surface area contributed by atoms with E-state index in [9.17, 15) is 34.2 Å². The number of carbonyl (C=O) groups is 5. The van der Waals surface area contributed by atoms with Gasteiger partial charge in [0.1, 0.15) is 30.1 Å². The van der Waals surface area contributed by atoms with Crippen molar-refractivity contribution < 1.29 is 57.9 Å². The fourth-order valence-corrected chi connectivity index (χ4v) is 10.7. The summed E-state index contributed by atoms with van der Waals surface area (Å²) < 4.78 is 29.9. The number of amides is 1. The van der Waals surface area contributed by atoms with Crippen LogP contribution in [0.15, 0.2) is 53.9 Å². The molecule has 17 nitrogen and oxygen atoms in total. The molecular weight excluding hydrogens is 887 g/mol. The van der Waals surface area contributed by atoms with Gasteiger partial charge in [-0.1, -0.05) is 71.1 Å². The van der Waals surface area contributed by atoms with Crippen LogP contribution in [0.3, 0.4) is 0 Å². The van der Waals surface area contributed by atoms with E-state index >= 15 is 0 Å². The topological polar surface area (TPSA) is 219 Å². The average molecular weight is 966 g/mol. The van der Waals surface area contributed by atoms with E-state index in [1.807, 2.05) is 58.1 Å². The van der Waals surface area contributed by atoms with Gasteiger partial charge < -0.3 is 38.8 Å². The zero-order chi connectivity index (χ0) is 50.6. The minimum atomic E-state index is -2.43. The van der Waals surface area contributed by atoms with Crippen LogP contribution in [0.25, 0.3) is 0 Å². The van der Waals surface area contributed by atoms with E-state index in [1.165, 1.54) is 18.3 Å². The van der Waals surface area contributed by atoms with Gasteiger partial charge in [0, 0.05) is 58.5 Å². The number of carbonyl (C=O) groups excluding carboxylic acids is 5. The second-order valence-electron chi connectivity index (χ2n) is 20.3. The van der Waals surface area contributed by atoms with Gasteiger partial charge in [-0.25, -0.2) is 4.79 Å². The van der Waals surface area contributed by atoms with Gasteiger partial charge in [0.2, 0.25) is 5.79 Å². The number of rotatable bonds is 7. The number of cyclic esters (lactones) is 1. The lowest BCUT2D eigenvalue weighted by atomic mass is 9.77. The molecule has 5 rings (SSSR count). The van der Waals surface area contributed by atoms with Gasteiger partial charge >= 0.3 is 5.97 Å². The lowest BCUT2D eigenvalue weighted by Crippen LogP contribution is -2.61. The van der Waals surface area contributed by atoms with Gasteiger partial charge in [-0.05, 0) is 112 Å². The van der Waals surface area contributed by atoms with Crippen molar-refractivity contribution in [2.24, 2.45) is 35.5 Å². The second-order valence-corrected chi connectivity index (χ2v) is 20.3. The van der Waals surface area contributed by atoms with Crippen molar-refractivity contribution in [3.8, 4) is 0 Å². The summed E-state index contributed by atoms with van der Waals surface area (Å²) in [5.74, 6) is -7.94. The molecule has 15 atom stereocenters. The summed E-state index contributed by atoms with van der Waals surface area (Å²) in [4.78, 5) is 73.9. The Morgan fingerprint density at radius 2 is 1.64 bits per heavy atom. The molecule has 3 fully saturated rings. The summed E-state index contributed by atoms with van der Waals surface area (Å²) in [7, 11) is 4.61. The van der Waals surface area contributed by atoms with Crippen molar-refractivity contribution in [1.82, 2.24) is 25.1 Å². The van der Waals surface area contributed by atoms with Gasteiger partial charge in [0.15, 0.2) is 12.1 Å². The monoisotopic (exact) mass is 966 g/mol. The highest BCUT2D eigenvalue weighted by molar-refractivity contribution is 6.39. The van der Waals surface area contributed by atoms with E-state index in [1.54, 1.807) is 45.9 Å². The van der Waals surface area contributed by atoms with Crippen LogP contribution in [0.5, 0.6) is 0 Å². The highest BCUT2D eigenvalue weighted by Crippen LogP contribution is 2.39. The molecule has 384 valence electrons. The third kappa shape index (κ3) is 14.2. The number of aliphatic hydroxyl groups is 2. The molecule has 1 saturated carbocycles. The molecule has 1 aromatic rings. The largest absolute Gasteiger partial charge is 0.460 e. The molecule has 2 saturated heterocycles. The van der Waals surface area contributed by atoms with E-state index in [0.29, 0.717) is 56.9 Å². The number of ether oxygens (including phenoxy) is 5. The summed E-state index contributed by atoms with van der Waals surface area (Å²) in [5.41, 5.74) is 1.27. The van der Waals surface area contributed by atoms with Crippen molar-refractivity contribution in [3.05, 3.63) is 53.9 Å². The van der Waals surface area contributed by atoms with E-state index < -0.39 is 77.8 Å². The molecule has 0 spiro atoms. The number of allylic oxidation sites excluding steroid dienone is 6. The first-order chi connectivity index (χ1) is 32.8. The maximum Gasteiger partial charge on any atom is 0.329 e. The van der Waals surface area contributed by atoms with Crippen LogP contribution < -0.4 is 0 Å². The molecule has 3 aliphatic heterocycles. The number of piperidine rings is 1. The zero-order valence-electron chi connectivity index (χ0n) is 42.5. The first-order valence-corrected chi connectivity index (χ1v) is 25.0. The number of esters is 1. The smallest absolute Gasteiger partial charge is 0.329 e. The lowest BCUT2D eigenvalue weighted by Gasteiger charge is -2.42. The number of tetrazole rings is 1. The Balaban J connectivity index is 1.46. The first kappa shape index (κ1) is 55.7. The summed E-state index contributed by atoms with van der Waals surface area (Å²) in [6.45, 7) is 12.8. The molecule has 10 unspecified atom stereocenters. The van der Waals surface area contributed by atoms with Crippen molar-refractivity contribution in [2.75, 3.05) is 27.9 Å². The highest BCUT2D eigenvalue weighted by atomic mass is 16.6. The van der Waals surface area contributed by atoms with Gasteiger partial charge in [-0.2, -0.15) is 4.80 Å². The van der Waals surface area contributed by atoms with Crippen LogP contribution in [0.1, 0.15) is 132 Å². The number of ketones is 3. The summed E-state index contributed by atoms with van der Waals surface area (Å²) in [6, 6.07) is -1.24. The number of hydrogen-bond donors (Lipinski definition) is 2. The molecule has 2 bridgehead atoms. The number of hydrogen-bond acceptors (Lipinski definition) is 15. The third-order valence-corrected chi connectivity index (χ3v) is 15.1. The van der Waals surface area contributed by atoms with Crippen molar-refractivity contribution in [3.63, 3.8) is 0 Å².